The number of hydrogen-bond acceptors (Lipinski definition) is 4. The number of carbonyl (C=O) groups is 2. The summed E-state index contributed by atoms with van der Waals surface area (Å²) in [6.45, 7) is 2.91. The Balaban J connectivity index is 0.000000190. The highest BCUT2D eigenvalue weighted by Crippen LogP contribution is 1.92. The van der Waals surface area contributed by atoms with Gasteiger partial charge in [-0.1, -0.05) is 79.4 Å². The molecule has 0 aliphatic carbocycles. The molecule has 0 aliphatic heterocycles. The van der Waals surface area contributed by atoms with E-state index in [2.05, 4.69) is 128 Å². The summed E-state index contributed by atoms with van der Waals surface area (Å²) < 4.78 is 5.92. The molecule has 0 N–H and O–H groups in total. The van der Waals surface area contributed by atoms with Crippen LogP contribution in [0.15, 0.2) is 133 Å². The molecule has 0 fully saturated rings. The van der Waals surface area contributed by atoms with E-state index >= 15 is 0 Å². The van der Waals surface area contributed by atoms with Crippen LogP contribution >= 0.6 is 0 Å². The van der Waals surface area contributed by atoms with Crippen LogP contribution in [-0.4, -0.2) is 11.9 Å². The fraction of sp³-hybridized carbons (Fsp3) is 0.0345. The number of benzene rings is 4. The molecule has 6 heteroatoms. The van der Waals surface area contributed by atoms with E-state index in [1.165, 1.54) is 14.3 Å². The van der Waals surface area contributed by atoms with Gasteiger partial charge in [0.05, 0.1) is 5.97 Å². The van der Waals surface area contributed by atoms with Crippen LogP contribution in [0.25, 0.3) is 0 Å². The zero-order chi connectivity index (χ0) is 25.3. The molecule has 0 unspecified atom stereocenters. The van der Waals surface area contributed by atoms with Crippen molar-refractivity contribution in [1.82, 2.24) is 0 Å². The normalized spacial score (nSPS) is 9.49. The molecule has 0 saturated heterocycles. The fourth-order valence-corrected chi connectivity index (χ4v) is 6.95. The second-order valence-electron chi connectivity index (χ2n) is 6.81. The van der Waals surface area contributed by atoms with Crippen molar-refractivity contribution in [3.63, 3.8) is 0 Å². The van der Waals surface area contributed by atoms with Gasteiger partial charge < -0.3 is 19.8 Å². The molecule has 0 amide bonds. The quantitative estimate of drug-likeness (QED) is 0.154. The molecule has 0 saturated carbocycles. The average molecular weight is 690 g/mol. The molecule has 0 radical (unpaired) electrons. The van der Waals surface area contributed by atoms with Gasteiger partial charge in [-0.2, -0.15) is 0 Å². The highest BCUT2D eigenvalue weighted by Gasteiger charge is 2.13. The van der Waals surface area contributed by atoms with E-state index < -0.39 is 23.9 Å². The van der Waals surface area contributed by atoms with E-state index in [4.69, 9.17) is 0 Å². The smallest absolute Gasteiger partial charge is 0.357 e. The monoisotopic (exact) mass is 690 g/mol. The zero-order valence-corrected chi connectivity index (χ0v) is 23.2. The number of rotatable bonds is 7. The summed E-state index contributed by atoms with van der Waals surface area (Å²) in [6, 6.07) is 42.8. The molecule has 35 heavy (non-hydrogen) atoms. The summed E-state index contributed by atoms with van der Waals surface area (Å²) in [4.78, 5) is 19.4. The van der Waals surface area contributed by atoms with Crippen molar-refractivity contribution in [1.29, 1.82) is 0 Å². The molecule has 4 aromatic carbocycles. The maximum Gasteiger partial charge on any atom is 0.357 e. The van der Waals surface area contributed by atoms with Crippen LogP contribution in [-0.2, 0) is 9.59 Å². The van der Waals surface area contributed by atoms with Crippen LogP contribution in [0, 0.1) is 14.3 Å². The Kier molecular flexibility index (Phi) is 13.4. The van der Waals surface area contributed by atoms with E-state index in [0.29, 0.717) is 0 Å². The van der Waals surface area contributed by atoms with Crippen LogP contribution in [0.1, 0.15) is 6.42 Å². The van der Waals surface area contributed by atoms with Crippen molar-refractivity contribution in [2.45, 2.75) is 6.42 Å². The van der Waals surface area contributed by atoms with Gasteiger partial charge in [-0.15, -0.1) is 0 Å². The molecule has 4 nitrogen and oxygen atoms in total. The Hall–Kier alpha value is -2.98. The summed E-state index contributed by atoms with van der Waals surface area (Å²) in [5.74, 6) is -3.02. The van der Waals surface area contributed by atoms with Crippen molar-refractivity contribution in [2.75, 3.05) is 0 Å². The lowest BCUT2D eigenvalue weighted by Crippen LogP contribution is -3.61. The van der Waals surface area contributed by atoms with E-state index in [0.717, 1.165) is 0 Å². The minimum absolute atomic E-state index is 0.0287. The number of hydrogen-bond donors (Lipinski definition) is 0. The van der Waals surface area contributed by atoms with Crippen LogP contribution in [0.2, 0.25) is 0 Å². The van der Waals surface area contributed by atoms with Gasteiger partial charge in [-0.05, 0) is 54.1 Å². The van der Waals surface area contributed by atoms with Crippen molar-refractivity contribution in [2.24, 2.45) is 0 Å². The van der Waals surface area contributed by atoms with Crippen LogP contribution in [0.5, 0.6) is 0 Å². The van der Waals surface area contributed by atoms with Gasteiger partial charge in [-0.3, -0.25) is 0 Å². The van der Waals surface area contributed by atoms with Crippen LogP contribution < -0.4 is 52.6 Å². The van der Waals surface area contributed by atoms with E-state index in [-0.39, 0.29) is 42.4 Å². The first kappa shape index (κ1) is 28.3. The summed E-state index contributed by atoms with van der Waals surface area (Å²) in [5, 5.41) is 19.4. The number of halogens is 2. The van der Waals surface area contributed by atoms with Crippen molar-refractivity contribution in [3.8, 4) is 0 Å². The Bertz CT molecular complexity index is 1010. The second kappa shape index (κ2) is 16.6. The third kappa shape index (κ3) is 12.9. The van der Waals surface area contributed by atoms with Gasteiger partial charge in [0.1, 0.15) is 0 Å². The first-order valence-corrected chi connectivity index (χ1v) is 14.8. The van der Waals surface area contributed by atoms with E-state index in [1.807, 2.05) is 0 Å². The number of carboxylic acids is 2. The van der Waals surface area contributed by atoms with Crippen molar-refractivity contribution < 1.29 is 62.2 Å². The lowest BCUT2D eigenvalue weighted by atomic mass is 10.2. The summed E-state index contributed by atoms with van der Waals surface area (Å²) in [7, 11) is 0. The van der Waals surface area contributed by atoms with Gasteiger partial charge >= 0.3 is 42.4 Å². The molecule has 0 heterocycles. The Labute approximate surface area is 226 Å². The Morgan fingerprint density at radius 1 is 0.543 bits per heavy atom. The predicted molar refractivity (Wildman–Crippen MR) is 124 cm³/mol. The molecule has 0 aliphatic rings. The lowest BCUT2D eigenvalue weighted by molar-refractivity contribution is -0.597. The number of carbonyl (C=O) groups excluding carboxylic acids is 2. The average Bonchev–Trinajstić information content (AvgIpc) is 2.87. The predicted octanol–water partition coefficient (Wildman–Crippen LogP) is -2.94. The molecular formula is C29H24I2O4. The van der Waals surface area contributed by atoms with E-state index in [9.17, 15) is 19.8 Å². The molecule has 4 rings (SSSR count). The third-order valence-corrected chi connectivity index (χ3v) is 9.38. The fourth-order valence-electron chi connectivity index (χ4n) is 2.41. The maximum absolute atomic E-state index is 9.73. The van der Waals surface area contributed by atoms with E-state index in [1.54, 1.807) is 0 Å². The topological polar surface area (TPSA) is 80.3 Å². The highest BCUT2D eigenvalue weighted by atomic mass is 127. The van der Waals surface area contributed by atoms with Gasteiger partial charge in [0.25, 0.3) is 0 Å². The molecule has 0 aromatic heterocycles. The first-order valence-electron chi connectivity index (χ1n) is 10.5. The lowest BCUT2D eigenvalue weighted by Gasteiger charge is -2.05. The Morgan fingerprint density at radius 2 is 0.800 bits per heavy atom. The van der Waals surface area contributed by atoms with Gasteiger partial charge in [0, 0.05) is 12.4 Å². The molecule has 0 spiro atoms. The number of carboxylic acid groups (broad SMARTS) is 2. The van der Waals surface area contributed by atoms with Gasteiger partial charge in [0.2, 0.25) is 0 Å². The second-order valence-corrected chi connectivity index (χ2v) is 12.9. The highest BCUT2D eigenvalue weighted by molar-refractivity contribution is 5.89. The van der Waals surface area contributed by atoms with Gasteiger partial charge in [0.15, 0.2) is 14.3 Å². The SMILES string of the molecule is C=C(CC(=O)[O-])C(=O)[O-].c1ccc([I+]c2ccccc2)cc1.c1ccc([I+]c2ccccc2)cc1. The molecule has 0 atom stereocenters. The summed E-state index contributed by atoms with van der Waals surface area (Å²) in [6.07, 6.45) is -0.678. The Morgan fingerprint density at radius 3 is 0.971 bits per heavy atom. The molecular weight excluding hydrogens is 666 g/mol. The maximum atomic E-state index is 9.73. The third-order valence-electron chi connectivity index (χ3n) is 4.02. The van der Waals surface area contributed by atoms with Gasteiger partial charge in [-0.25, -0.2) is 0 Å². The largest absolute Gasteiger partial charge is 0.550 e. The first-order chi connectivity index (χ1) is 16.9. The van der Waals surface area contributed by atoms with Crippen molar-refractivity contribution >= 4 is 11.9 Å². The molecule has 178 valence electrons. The van der Waals surface area contributed by atoms with Crippen LogP contribution in [0.3, 0.4) is 0 Å². The minimum Gasteiger partial charge on any atom is -0.550 e. The van der Waals surface area contributed by atoms with Crippen molar-refractivity contribution in [3.05, 3.63) is 148 Å². The van der Waals surface area contributed by atoms with Crippen LogP contribution in [0.4, 0.5) is 0 Å². The number of aliphatic carboxylic acids is 2. The standard InChI is InChI=1S/2C12H10I.C5H6O4/c2*1-3-7-11(8-4-1)13-12-9-5-2-6-10-12;1-3(5(8)9)2-4(6)7/h2*1-10H;1-2H2,(H,6,7)(H,8,9)/q2*+1;/p-2. The summed E-state index contributed by atoms with van der Waals surface area (Å²) >= 11 is 0.0574. The zero-order valence-electron chi connectivity index (χ0n) is 18.9. The molecule has 4 aromatic rings. The molecule has 0 bridgehead atoms. The minimum atomic E-state index is -1.56. The summed E-state index contributed by atoms with van der Waals surface area (Å²) in [5.41, 5.74) is -0.477.